The Bertz CT molecular complexity index is 1580. The number of benzene rings is 2. The highest BCUT2D eigenvalue weighted by molar-refractivity contribution is 6.35. The van der Waals surface area contributed by atoms with Gasteiger partial charge in [0, 0.05) is 6.92 Å². The van der Waals surface area contributed by atoms with Crippen molar-refractivity contribution in [1.29, 1.82) is 0 Å². The van der Waals surface area contributed by atoms with Crippen molar-refractivity contribution in [2.75, 3.05) is 11.1 Å². The highest BCUT2D eigenvalue weighted by Crippen LogP contribution is 2.33. The molecule has 0 amide bonds. The fourth-order valence-electron chi connectivity index (χ4n) is 3.90. The lowest BCUT2D eigenvalue weighted by molar-refractivity contribution is 0.532. The van der Waals surface area contributed by atoms with Crippen LogP contribution >= 0.6 is 11.6 Å². The van der Waals surface area contributed by atoms with Gasteiger partial charge in [0.15, 0.2) is 0 Å². The van der Waals surface area contributed by atoms with Gasteiger partial charge in [-0.25, -0.2) is 15.0 Å². The number of nitrogens with two attached hydrogens (primary N) is 1. The number of rotatable bonds is 6. The second kappa shape index (κ2) is 9.15. The van der Waals surface area contributed by atoms with Crippen LogP contribution in [-0.4, -0.2) is 29.7 Å². The van der Waals surface area contributed by atoms with E-state index < -0.39 is 6.04 Å². The van der Waals surface area contributed by atoms with Crippen LogP contribution in [0.15, 0.2) is 64.1 Å². The first-order valence-corrected chi connectivity index (χ1v) is 11.3. The molecule has 35 heavy (non-hydrogen) atoms. The van der Waals surface area contributed by atoms with Gasteiger partial charge in [-0.15, -0.1) is 10.2 Å². The second-order valence-electron chi connectivity index (χ2n) is 7.79. The Labute approximate surface area is 204 Å². The van der Waals surface area contributed by atoms with Crippen molar-refractivity contribution in [3.8, 4) is 17.1 Å². The van der Waals surface area contributed by atoms with Gasteiger partial charge in [0.2, 0.25) is 5.89 Å². The van der Waals surface area contributed by atoms with E-state index in [4.69, 9.17) is 26.7 Å². The zero-order valence-corrected chi connectivity index (χ0v) is 19.7. The Morgan fingerprint density at radius 3 is 2.63 bits per heavy atom. The molecule has 3 aromatic heterocycles. The summed E-state index contributed by atoms with van der Waals surface area (Å²) in [5.74, 6) is 1.62. The third-order valence-corrected chi connectivity index (χ3v) is 5.85. The van der Waals surface area contributed by atoms with E-state index in [1.807, 2.05) is 37.3 Å². The highest BCUT2D eigenvalue weighted by Gasteiger charge is 2.25. The van der Waals surface area contributed by atoms with E-state index >= 15 is 0 Å². The molecular weight excluding hydrogens is 468 g/mol. The van der Waals surface area contributed by atoms with Gasteiger partial charge in [0.1, 0.15) is 29.4 Å². The molecule has 0 aliphatic rings. The number of fused-ring (bicyclic) bond motifs is 1. The molecule has 0 fully saturated rings. The second-order valence-corrected chi connectivity index (χ2v) is 8.20. The zero-order valence-electron chi connectivity index (χ0n) is 18.9. The number of hydrogen-bond acceptors (Lipinski definition) is 9. The summed E-state index contributed by atoms with van der Waals surface area (Å²) in [5.41, 5.74) is 7.43. The molecule has 3 N–H and O–H groups in total. The summed E-state index contributed by atoms with van der Waals surface area (Å²) in [6.07, 6.45) is 1.91. The molecule has 0 aliphatic heterocycles. The van der Waals surface area contributed by atoms with E-state index in [0.29, 0.717) is 51.1 Å². The summed E-state index contributed by atoms with van der Waals surface area (Å²) in [5, 5.41) is 12.0. The predicted molar refractivity (Wildman–Crippen MR) is 133 cm³/mol. The third kappa shape index (κ3) is 4.08. The number of halogens is 1. The van der Waals surface area contributed by atoms with Crippen LogP contribution in [0.1, 0.15) is 31.1 Å². The minimum absolute atomic E-state index is 0.180. The number of nitrogens with zero attached hydrogens (tertiary/aromatic N) is 6. The summed E-state index contributed by atoms with van der Waals surface area (Å²) in [7, 11) is 0. The van der Waals surface area contributed by atoms with Crippen LogP contribution in [0, 0.1) is 6.92 Å². The first-order chi connectivity index (χ1) is 17.0. The van der Waals surface area contributed by atoms with Crippen molar-refractivity contribution >= 4 is 34.1 Å². The molecule has 0 spiro atoms. The minimum atomic E-state index is -0.441. The Hall–Kier alpha value is -4.31. The molecule has 0 saturated carbocycles. The number of hydrogen-bond donors (Lipinski definition) is 2. The first-order valence-electron chi connectivity index (χ1n) is 10.9. The smallest absolute Gasteiger partial charge is 0.267 e. The molecule has 0 unspecified atom stereocenters. The van der Waals surface area contributed by atoms with Gasteiger partial charge in [0.05, 0.1) is 27.7 Å². The predicted octanol–water partition coefficient (Wildman–Crippen LogP) is 4.33. The Balaban J connectivity index is 1.71. The molecular formula is C24H21ClN8O2. The van der Waals surface area contributed by atoms with Gasteiger partial charge in [0.25, 0.3) is 11.4 Å². The maximum Gasteiger partial charge on any atom is 0.267 e. The minimum Gasteiger partial charge on any atom is -0.421 e. The molecule has 2 aromatic carbocycles. The average Bonchev–Trinajstić information content (AvgIpc) is 3.28. The van der Waals surface area contributed by atoms with Gasteiger partial charge in [-0.3, -0.25) is 9.36 Å². The van der Waals surface area contributed by atoms with Crippen molar-refractivity contribution in [2.24, 2.45) is 0 Å². The van der Waals surface area contributed by atoms with Gasteiger partial charge >= 0.3 is 0 Å². The average molecular weight is 489 g/mol. The molecule has 3 heterocycles. The quantitative estimate of drug-likeness (QED) is 0.357. The monoisotopic (exact) mass is 488 g/mol. The summed E-state index contributed by atoms with van der Waals surface area (Å²) < 4.78 is 7.15. The molecule has 0 aliphatic carbocycles. The maximum absolute atomic E-state index is 13.7. The van der Waals surface area contributed by atoms with Crippen molar-refractivity contribution in [1.82, 2.24) is 29.7 Å². The molecule has 176 valence electrons. The van der Waals surface area contributed by atoms with Gasteiger partial charge in [-0.2, -0.15) is 0 Å². The van der Waals surface area contributed by atoms with Gasteiger partial charge in [-0.1, -0.05) is 42.8 Å². The molecule has 1 atom stereocenters. The van der Waals surface area contributed by atoms with Crippen LogP contribution in [0.4, 0.5) is 11.6 Å². The molecule has 0 radical (unpaired) electrons. The van der Waals surface area contributed by atoms with Crippen molar-refractivity contribution in [3.63, 3.8) is 0 Å². The van der Waals surface area contributed by atoms with E-state index in [1.165, 1.54) is 6.33 Å². The SMILES string of the molecule is CC[C@H](Nc1ncnc(N)c1-c1nnc(C)o1)c1nc2cccc(Cl)c2c(=O)n1-c1ccccc1. The van der Waals surface area contributed by atoms with Gasteiger partial charge < -0.3 is 15.5 Å². The summed E-state index contributed by atoms with van der Waals surface area (Å²) >= 11 is 6.40. The molecule has 0 saturated heterocycles. The Morgan fingerprint density at radius 1 is 1.11 bits per heavy atom. The van der Waals surface area contributed by atoms with E-state index in [2.05, 4.69) is 25.5 Å². The lowest BCUT2D eigenvalue weighted by atomic mass is 10.1. The summed E-state index contributed by atoms with van der Waals surface area (Å²) in [6.45, 7) is 3.66. The van der Waals surface area contributed by atoms with E-state index in [0.717, 1.165) is 0 Å². The lowest BCUT2D eigenvalue weighted by Gasteiger charge is -2.23. The molecule has 5 rings (SSSR count). The number of aromatic nitrogens is 6. The summed E-state index contributed by atoms with van der Waals surface area (Å²) in [4.78, 5) is 27.0. The van der Waals surface area contributed by atoms with Crippen LogP contribution in [0.3, 0.4) is 0 Å². The molecule has 10 nitrogen and oxygen atoms in total. The number of anilines is 2. The highest BCUT2D eigenvalue weighted by atomic mass is 35.5. The number of para-hydroxylation sites is 1. The van der Waals surface area contributed by atoms with Crippen molar-refractivity contribution in [2.45, 2.75) is 26.3 Å². The Morgan fingerprint density at radius 2 is 1.91 bits per heavy atom. The zero-order chi connectivity index (χ0) is 24.5. The number of aryl methyl sites for hydroxylation is 1. The standard InChI is InChI=1S/C24H21ClN8O2/c1-3-16(29-21-19(20(26)27-12-28-21)23-32-31-13(2)35-23)22-30-17-11-7-10-15(25)18(17)24(34)33(22)14-8-5-4-6-9-14/h4-12,16H,3H2,1-2H3,(H3,26,27,28,29)/t16-/m0/s1. The third-order valence-electron chi connectivity index (χ3n) is 5.53. The number of nitrogen functional groups attached to an aromatic ring is 1. The number of nitrogens with one attached hydrogen (secondary N) is 1. The van der Waals surface area contributed by atoms with Crippen molar-refractivity contribution < 1.29 is 4.42 Å². The van der Waals surface area contributed by atoms with E-state index in [-0.39, 0.29) is 17.3 Å². The van der Waals surface area contributed by atoms with Crippen LogP contribution in [0.5, 0.6) is 0 Å². The maximum atomic E-state index is 13.7. The lowest BCUT2D eigenvalue weighted by Crippen LogP contribution is -2.28. The molecule has 0 bridgehead atoms. The van der Waals surface area contributed by atoms with Crippen LogP contribution in [-0.2, 0) is 0 Å². The van der Waals surface area contributed by atoms with Crippen LogP contribution < -0.4 is 16.6 Å². The summed E-state index contributed by atoms with van der Waals surface area (Å²) in [6, 6.07) is 14.1. The van der Waals surface area contributed by atoms with Crippen LogP contribution in [0.2, 0.25) is 5.02 Å². The van der Waals surface area contributed by atoms with Gasteiger partial charge in [-0.05, 0) is 30.7 Å². The normalized spacial score (nSPS) is 12.1. The van der Waals surface area contributed by atoms with Crippen molar-refractivity contribution in [3.05, 3.63) is 81.9 Å². The van der Waals surface area contributed by atoms with E-state index in [9.17, 15) is 4.79 Å². The molecule has 5 aromatic rings. The largest absolute Gasteiger partial charge is 0.421 e. The van der Waals surface area contributed by atoms with E-state index in [1.54, 1.807) is 29.7 Å². The molecule has 11 heteroatoms. The van der Waals surface area contributed by atoms with Crippen LogP contribution in [0.25, 0.3) is 28.0 Å². The topological polar surface area (TPSA) is 138 Å². The first kappa shape index (κ1) is 22.5. The fourth-order valence-corrected chi connectivity index (χ4v) is 4.15. The Kier molecular flexibility index (Phi) is 5.87. The fraction of sp³-hybridized carbons (Fsp3) is 0.167.